The molecule has 6 nitrogen and oxygen atoms in total. The number of nitrogens with one attached hydrogen (secondary N) is 1. The molecule has 7 heteroatoms. The SMILES string of the molecule is CC(C)N(C(=O)c1ccc(Cl)c(-n2c(=O)[nH]c3ccccc3c2=O)c1)c1ccccc1. The van der Waals surface area contributed by atoms with Crippen LogP contribution >= 0.6 is 11.6 Å². The molecule has 1 N–H and O–H groups in total. The first-order valence-corrected chi connectivity index (χ1v) is 10.2. The van der Waals surface area contributed by atoms with E-state index in [-0.39, 0.29) is 22.7 Å². The molecule has 4 rings (SSSR count). The summed E-state index contributed by atoms with van der Waals surface area (Å²) >= 11 is 6.35. The summed E-state index contributed by atoms with van der Waals surface area (Å²) in [4.78, 5) is 43.5. The molecule has 0 bridgehead atoms. The van der Waals surface area contributed by atoms with Gasteiger partial charge >= 0.3 is 5.69 Å². The number of fused-ring (bicyclic) bond motifs is 1. The summed E-state index contributed by atoms with van der Waals surface area (Å²) in [5.41, 5.74) is 0.526. The van der Waals surface area contributed by atoms with Crippen LogP contribution in [0, 0.1) is 0 Å². The van der Waals surface area contributed by atoms with Gasteiger partial charge in [-0.1, -0.05) is 41.9 Å². The fraction of sp³-hybridized carbons (Fsp3) is 0.125. The van der Waals surface area contributed by atoms with E-state index in [2.05, 4.69) is 4.98 Å². The van der Waals surface area contributed by atoms with Crippen molar-refractivity contribution in [1.29, 1.82) is 0 Å². The number of carbonyl (C=O) groups is 1. The van der Waals surface area contributed by atoms with Crippen molar-refractivity contribution >= 4 is 34.1 Å². The lowest BCUT2D eigenvalue weighted by Crippen LogP contribution is -2.37. The first-order valence-electron chi connectivity index (χ1n) is 9.81. The summed E-state index contributed by atoms with van der Waals surface area (Å²) in [5, 5.41) is 0.540. The van der Waals surface area contributed by atoms with Crippen LogP contribution in [0.5, 0.6) is 0 Å². The minimum atomic E-state index is -0.626. The number of aromatic nitrogens is 2. The third-order valence-corrected chi connectivity index (χ3v) is 5.33. The zero-order valence-corrected chi connectivity index (χ0v) is 17.8. The second-order valence-corrected chi connectivity index (χ2v) is 7.79. The Kier molecular flexibility index (Phi) is 5.48. The van der Waals surface area contributed by atoms with Crippen LogP contribution in [0.1, 0.15) is 24.2 Å². The van der Waals surface area contributed by atoms with E-state index in [1.807, 2.05) is 44.2 Å². The summed E-state index contributed by atoms with van der Waals surface area (Å²) in [7, 11) is 0. The van der Waals surface area contributed by atoms with Gasteiger partial charge in [0.2, 0.25) is 0 Å². The zero-order chi connectivity index (χ0) is 22.1. The van der Waals surface area contributed by atoms with Gasteiger partial charge in [-0.3, -0.25) is 9.59 Å². The maximum atomic E-state index is 13.4. The quantitative estimate of drug-likeness (QED) is 0.518. The highest BCUT2D eigenvalue weighted by Gasteiger charge is 2.22. The minimum Gasteiger partial charge on any atom is -0.306 e. The highest BCUT2D eigenvalue weighted by atomic mass is 35.5. The van der Waals surface area contributed by atoms with E-state index in [1.165, 1.54) is 12.1 Å². The van der Waals surface area contributed by atoms with Crippen molar-refractivity contribution in [1.82, 2.24) is 9.55 Å². The molecule has 156 valence electrons. The Balaban J connectivity index is 1.87. The van der Waals surface area contributed by atoms with E-state index in [1.54, 1.807) is 35.2 Å². The van der Waals surface area contributed by atoms with Crippen LogP contribution in [0.3, 0.4) is 0 Å². The molecule has 0 fully saturated rings. The number of halogens is 1. The van der Waals surface area contributed by atoms with Gasteiger partial charge in [-0.25, -0.2) is 9.36 Å². The van der Waals surface area contributed by atoms with E-state index in [4.69, 9.17) is 11.6 Å². The average molecular weight is 434 g/mol. The number of para-hydroxylation sites is 2. The van der Waals surface area contributed by atoms with Gasteiger partial charge in [0.1, 0.15) is 0 Å². The van der Waals surface area contributed by atoms with Gasteiger partial charge in [0.05, 0.1) is 21.6 Å². The molecule has 3 aromatic carbocycles. The minimum absolute atomic E-state index is 0.110. The molecule has 0 atom stereocenters. The topological polar surface area (TPSA) is 75.2 Å². The molecule has 0 spiro atoms. The smallest absolute Gasteiger partial charge is 0.306 e. The molecule has 1 aromatic heterocycles. The molecular formula is C24H20ClN3O3. The first kappa shape index (κ1) is 20.6. The Bertz CT molecular complexity index is 1390. The molecule has 1 heterocycles. The molecule has 0 saturated heterocycles. The van der Waals surface area contributed by atoms with Gasteiger partial charge in [-0.15, -0.1) is 0 Å². The number of amides is 1. The van der Waals surface area contributed by atoms with Gasteiger partial charge in [-0.05, 0) is 56.3 Å². The Morgan fingerprint density at radius 1 is 0.968 bits per heavy atom. The van der Waals surface area contributed by atoms with Crippen molar-refractivity contribution < 1.29 is 4.79 Å². The van der Waals surface area contributed by atoms with E-state index in [0.29, 0.717) is 16.5 Å². The fourth-order valence-electron chi connectivity index (χ4n) is 3.58. The summed E-state index contributed by atoms with van der Waals surface area (Å²) in [6, 6.07) is 20.5. The van der Waals surface area contributed by atoms with Crippen LogP contribution in [0.4, 0.5) is 5.69 Å². The van der Waals surface area contributed by atoms with Crippen molar-refractivity contribution in [3.8, 4) is 5.69 Å². The predicted molar refractivity (Wildman–Crippen MR) is 124 cm³/mol. The third-order valence-electron chi connectivity index (χ3n) is 5.01. The van der Waals surface area contributed by atoms with Gasteiger partial charge in [0.25, 0.3) is 11.5 Å². The molecule has 0 aliphatic rings. The lowest BCUT2D eigenvalue weighted by Gasteiger charge is -2.27. The van der Waals surface area contributed by atoms with Gasteiger partial charge in [-0.2, -0.15) is 0 Å². The monoisotopic (exact) mass is 433 g/mol. The highest BCUT2D eigenvalue weighted by molar-refractivity contribution is 6.32. The molecule has 1 amide bonds. The number of aromatic amines is 1. The molecule has 0 radical (unpaired) electrons. The number of nitrogens with zero attached hydrogens (tertiary/aromatic N) is 2. The molecular weight excluding hydrogens is 414 g/mol. The zero-order valence-electron chi connectivity index (χ0n) is 17.0. The van der Waals surface area contributed by atoms with Gasteiger partial charge in [0, 0.05) is 17.3 Å². The maximum Gasteiger partial charge on any atom is 0.333 e. The summed E-state index contributed by atoms with van der Waals surface area (Å²) in [5.74, 6) is -0.260. The maximum absolute atomic E-state index is 13.4. The number of H-pyrrole nitrogens is 1. The summed E-state index contributed by atoms with van der Waals surface area (Å²) < 4.78 is 0.962. The van der Waals surface area contributed by atoms with Crippen molar-refractivity contribution in [3.05, 3.63) is 104 Å². The van der Waals surface area contributed by atoms with Gasteiger partial charge < -0.3 is 9.88 Å². The van der Waals surface area contributed by atoms with Crippen LogP contribution < -0.4 is 16.1 Å². The van der Waals surface area contributed by atoms with E-state index >= 15 is 0 Å². The molecule has 0 saturated carbocycles. The average Bonchev–Trinajstić information content (AvgIpc) is 2.75. The molecule has 31 heavy (non-hydrogen) atoms. The molecule has 0 aliphatic heterocycles. The first-order chi connectivity index (χ1) is 14.9. The largest absolute Gasteiger partial charge is 0.333 e. The number of rotatable bonds is 4. The van der Waals surface area contributed by atoms with Crippen molar-refractivity contribution in [2.24, 2.45) is 0 Å². The van der Waals surface area contributed by atoms with Crippen LogP contribution in [-0.4, -0.2) is 21.5 Å². The number of benzene rings is 3. The fourth-order valence-corrected chi connectivity index (χ4v) is 3.78. The van der Waals surface area contributed by atoms with E-state index < -0.39 is 11.2 Å². The standard InChI is InChI=1S/C24H20ClN3O3/c1-15(2)27(17-8-4-3-5-9-17)22(29)16-12-13-19(25)21(14-16)28-23(30)18-10-6-7-11-20(18)26-24(28)31/h3-15H,1-2H3,(H,26,31). The third kappa shape index (κ3) is 3.78. The number of hydrogen-bond donors (Lipinski definition) is 1. The van der Waals surface area contributed by atoms with Crippen molar-refractivity contribution in [3.63, 3.8) is 0 Å². The lowest BCUT2D eigenvalue weighted by atomic mass is 10.1. The Morgan fingerprint density at radius 2 is 1.65 bits per heavy atom. The highest BCUT2D eigenvalue weighted by Crippen LogP contribution is 2.24. The van der Waals surface area contributed by atoms with Crippen molar-refractivity contribution in [2.45, 2.75) is 19.9 Å². The Morgan fingerprint density at radius 3 is 2.35 bits per heavy atom. The second-order valence-electron chi connectivity index (χ2n) is 7.39. The number of anilines is 1. The van der Waals surface area contributed by atoms with Gasteiger partial charge in [0.15, 0.2) is 0 Å². The van der Waals surface area contributed by atoms with Crippen LogP contribution in [0.15, 0.2) is 82.4 Å². The number of hydrogen-bond acceptors (Lipinski definition) is 3. The molecule has 0 unspecified atom stereocenters. The van der Waals surface area contributed by atoms with Crippen LogP contribution in [-0.2, 0) is 0 Å². The van der Waals surface area contributed by atoms with E-state index in [0.717, 1.165) is 10.3 Å². The Labute approximate surface area is 183 Å². The molecule has 4 aromatic rings. The second kappa shape index (κ2) is 8.24. The summed E-state index contributed by atoms with van der Waals surface area (Å²) in [6.45, 7) is 3.83. The molecule has 0 aliphatic carbocycles. The Hall–Kier alpha value is -3.64. The van der Waals surface area contributed by atoms with Crippen LogP contribution in [0.2, 0.25) is 5.02 Å². The van der Waals surface area contributed by atoms with E-state index in [9.17, 15) is 14.4 Å². The summed E-state index contributed by atoms with van der Waals surface area (Å²) in [6.07, 6.45) is 0. The van der Waals surface area contributed by atoms with Crippen molar-refractivity contribution in [2.75, 3.05) is 4.90 Å². The normalized spacial score (nSPS) is 11.1. The van der Waals surface area contributed by atoms with Crippen LogP contribution in [0.25, 0.3) is 16.6 Å². The number of carbonyl (C=O) groups excluding carboxylic acids is 1. The predicted octanol–water partition coefficient (Wildman–Crippen LogP) is 4.39. The lowest BCUT2D eigenvalue weighted by molar-refractivity contribution is 0.0980.